The minimum Gasteiger partial charge on any atom is -0.486 e. The molecule has 0 amide bonds. The third kappa shape index (κ3) is 3.18. The van der Waals surface area contributed by atoms with Crippen molar-refractivity contribution in [3.05, 3.63) is 47.9 Å². The van der Waals surface area contributed by atoms with E-state index in [-0.39, 0.29) is 12.4 Å². The largest absolute Gasteiger partial charge is 0.486 e. The first kappa shape index (κ1) is 13.5. The van der Waals surface area contributed by atoms with Crippen LogP contribution in [0.15, 0.2) is 40.8 Å². The second-order valence-corrected chi connectivity index (χ2v) is 5.05. The third-order valence-electron chi connectivity index (χ3n) is 3.56. The SMILES string of the molecule is O=C(O)c1ccc(COc2ccc(N3CCCC3)cc2)o1. The van der Waals surface area contributed by atoms with Crippen LogP contribution in [0.2, 0.25) is 0 Å². The highest BCUT2D eigenvalue weighted by molar-refractivity contribution is 5.84. The van der Waals surface area contributed by atoms with Crippen molar-refractivity contribution in [1.29, 1.82) is 0 Å². The number of carboxylic acids is 1. The minimum atomic E-state index is -1.07. The lowest BCUT2D eigenvalue weighted by atomic mass is 10.3. The van der Waals surface area contributed by atoms with E-state index in [0.717, 1.165) is 18.8 Å². The fourth-order valence-corrected chi connectivity index (χ4v) is 2.45. The van der Waals surface area contributed by atoms with Gasteiger partial charge in [-0.2, -0.15) is 0 Å². The van der Waals surface area contributed by atoms with Crippen LogP contribution in [-0.2, 0) is 6.61 Å². The molecule has 0 radical (unpaired) electrons. The van der Waals surface area contributed by atoms with Crippen molar-refractivity contribution in [2.24, 2.45) is 0 Å². The summed E-state index contributed by atoms with van der Waals surface area (Å²) in [5.74, 6) is 0.0939. The number of rotatable bonds is 5. The van der Waals surface area contributed by atoms with Gasteiger partial charge in [-0.05, 0) is 49.2 Å². The van der Waals surface area contributed by atoms with E-state index in [1.165, 1.54) is 24.6 Å². The number of aromatic carboxylic acids is 1. The van der Waals surface area contributed by atoms with Gasteiger partial charge >= 0.3 is 5.97 Å². The van der Waals surface area contributed by atoms with Crippen LogP contribution in [0.3, 0.4) is 0 Å². The zero-order valence-electron chi connectivity index (χ0n) is 11.6. The van der Waals surface area contributed by atoms with Crippen LogP contribution in [0, 0.1) is 0 Å². The van der Waals surface area contributed by atoms with E-state index in [0.29, 0.717) is 5.76 Å². The fourth-order valence-electron chi connectivity index (χ4n) is 2.45. The van der Waals surface area contributed by atoms with Crippen molar-refractivity contribution in [1.82, 2.24) is 0 Å². The van der Waals surface area contributed by atoms with Crippen LogP contribution >= 0.6 is 0 Å². The van der Waals surface area contributed by atoms with Crippen LogP contribution in [0.25, 0.3) is 0 Å². The second-order valence-electron chi connectivity index (χ2n) is 5.05. The predicted octanol–water partition coefficient (Wildman–Crippen LogP) is 3.16. The van der Waals surface area contributed by atoms with E-state index in [2.05, 4.69) is 4.90 Å². The van der Waals surface area contributed by atoms with Crippen molar-refractivity contribution in [3.63, 3.8) is 0 Å². The van der Waals surface area contributed by atoms with Gasteiger partial charge in [-0.25, -0.2) is 4.79 Å². The molecular formula is C16H17NO4. The standard InChI is InChI=1S/C16H17NO4/c18-16(19)15-8-7-14(21-15)11-20-13-5-3-12(4-6-13)17-9-1-2-10-17/h3-8H,1-2,9-11H2,(H,18,19). The van der Waals surface area contributed by atoms with Crippen molar-refractivity contribution < 1.29 is 19.1 Å². The number of anilines is 1. The van der Waals surface area contributed by atoms with Crippen molar-refractivity contribution in [2.75, 3.05) is 18.0 Å². The summed E-state index contributed by atoms with van der Waals surface area (Å²) in [4.78, 5) is 13.1. The summed E-state index contributed by atoms with van der Waals surface area (Å²) >= 11 is 0. The zero-order valence-corrected chi connectivity index (χ0v) is 11.6. The first-order chi connectivity index (χ1) is 10.2. The number of furan rings is 1. The molecule has 1 aromatic heterocycles. The molecule has 0 saturated carbocycles. The molecule has 3 rings (SSSR count). The molecule has 1 aliphatic rings. The van der Waals surface area contributed by atoms with E-state index in [9.17, 15) is 4.79 Å². The Balaban J connectivity index is 1.58. The quantitative estimate of drug-likeness (QED) is 0.915. The van der Waals surface area contributed by atoms with Gasteiger partial charge in [-0.3, -0.25) is 0 Å². The van der Waals surface area contributed by atoms with Gasteiger partial charge < -0.3 is 19.2 Å². The topological polar surface area (TPSA) is 62.9 Å². The molecule has 2 aromatic rings. The van der Waals surface area contributed by atoms with Crippen LogP contribution in [-0.4, -0.2) is 24.2 Å². The Morgan fingerprint density at radius 3 is 2.48 bits per heavy atom. The molecule has 0 unspecified atom stereocenters. The molecule has 0 aliphatic carbocycles. The molecule has 1 fully saturated rings. The lowest BCUT2D eigenvalue weighted by Crippen LogP contribution is -2.17. The summed E-state index contributed by atoms with van der Waals surface area (Å²) in [6.45, 7) is 2.45. The van der Waals surface area contributed by atoms with Crippen LogP contribution < -0.4 is 9.64 Å². The molecule has 2 heterocycles. The van der Waals surface area contributed by atoms with E-state index >= 15 is 0 Å². The molecule has 21 heavy (non-hydrogen) atoms. The Bertz CT molecular complexity index is 611. The molecule has 0 bridgehead atoms. The number of hydrogen-bond acceptors (Lipinski definition) is 4. The lowest BCUT2D eigenvalue weighted by Gasteiger charge is -2.17. The van der Waals surface area contributed by atoms with Gasteiger partial charge in [-0.15, -0.1) is 0 Å². The first-order valence-electron chi connectivity index (χ1n) is 7.02. The summed E-state index contributed by atoms with van der Waals surface area (Å²) in [6.07, 6.45) is 2.51. The van der Waals surface area contributed by atoms with Gasteiger partial charge in [0.1, 0.15) is 18.1 Å². The average Bonchev–Trinajstić information content (AvgIpc) is 3.17. The van der Waals surface area contributed by atoms with E-state index in [1.54, 1.807) is 6.07 Å². The highest BCUT2D eigenvalue weighted by atomic mass is 16.5. The highest BCUT2D eigenvalue weighted by Gasteiger charge is 2.12. The zero-order chi connectivity index (χ0) is 14.7. The molecule has 5 heteroatoms. The number of nitrogens with zero attached hydrogens (tertiary/aromatic N) is 1. The highest BCUT2D eigenvalue weighted by Crippen LogP contribution is 2.23. The molecule has 0 atom stereocenters. The summed E-state index contributed by atoms with van der Waals surface area (Å²) in [6, 6.07) is 11.0. The Morgan fingerprint density at radius 1 is 1.14 bits per heavy atom. The monoisotopic (exact) mass is 287 g/mol. The molecule has 1 saturated heterocycles. The molecule has 0 spiro atoms. The van der Waals surface area contributed by atoms with Gasteiger partial charge in [0.05, 0.1) is 0 Å². The third-order valence-corrected chi connectivity index (χ3v) is 3.56. The van der Waals surface area contributed by atoms with Crippen molar-refractivity contribution >= 4 is 11.7 Å². The van der Waals surface area contributed by atoms with Crippen molar-refractivity contribution in [2.45, 2.75) is 19.4 Å². The fraction of sp³-hybridized carbons (Fsp3) is 0.312. The van der Waals surface area contributed by atoms with E-state index < -0.39 is 5.97 Å². The molecule has 110 valence electrons. The van der Waals surface area contributed by atoms with Crippen LogP contribution in [0.5, 0.6) is 5.75 Å². The van der Waals surface area contributed by atoms with Gasteiger partial charge in [0, 0.05) is 18.8 Å². The molecule has 1 N–H and O–H groups in total. The normalized spacial score (nSPS) is 14.4. The Hall–Kier alpha value is -2.43. The molecule has 1 aromatic carbocycles. The predicted molar refractivity (Wildman–Crippen MR) is 77.9 cm³/mol. The molecule has 1 aliphatic heterocycles. The van der Waals surface area contributed by atoms with E-state index in [4.69, 9.17) is 14.3 Å². The minimum absolute atomic E-state index is 0.0713. The summed E-state index contributed by atoms with van der Waals surface area (Å²) in [5.41, 5.74) is 1.21. The average molecular weight is 287 g/mol. The smallest absolute Gasteiger partial charge is 0.371 e. The number of carbonyl (C=O) groups is 1. The number of carboxylic acid groups (broad SMARTS) is 1. The number of hydrogen-bond donors (Lipinski definition) is 1. The van der Waals surface area contributed by atoms with Gasteiger partial charge in [0.15, 0.2) is 0 Å². The molecule has 5 nitrogen and oxygen atoms in total. The Kier molecular flexibility index (Phi) is 3.81. The van der Waals surface area contributed by atoms with E-state index in [1.807, 2.05) is 24.3 Å². The first-order valence-corrected chi connectivity index (χ1v) is 7.02. The number of ether oxygens (including phenoxy) is 1. The maximum Gasteiger partial charge on any atom is 0.371 e. The lowest BCUT2D eigenvalue weighted by molar-refractivity contribution is 0.0658. The number of benzene rings is 1. The molecular weight excluding hydrogens is 270 g/mol. The Morgan fingerprint density at radius 2 is 1.86 bits per heavy atom. The maximum absolute atomic E-state index is 10.7. The Labute approximate surface area is 122 Å². The van der Waals surface area contributed by atoms with Gasteiger partial charge in [0.2, 0.25) is 5.76 Å². The summed E-state index contributed by atoms with van der Waals surface area (Å²) < 4.78 is 10.7. The summed E-state index contributed by atoms with van der Waals surface area (Å²) in [7, 11) is 0. The van der Waals surface area contributed by atoms with Crippen molar-refractivity contribution in [3.8, 4) is 5.75 Å². The van der Waals surface area contributed by atoms with Gasteiger partial charge in [0.25, 0.3) is 0 Å². The van der Waals surface area contributed by atoms with Gasteiger partial charge in [-0.1, -0.05) is 0 Å². The summed E-state index contributed by atoms with van der Waals surface area (Å²) in [5, 5.41) is 8.78. The van der Waals surface area contributed by atoms with Crippen LogP contribution in [0.4, 0.5) is 5.69 Å². The second kappa shape index (κ2) is 5.91. The maximum atomic E-state index is 10.7. The van der Waals surface area contributed by atoms with Crippen LogP contribution in [0.1, 0.15) is 29.2 Å².